The maximum Gasteiger partial charge on any atom is 0.320 e. The van der Waals surface area contributed by atoms with Crippen LogP contribution in [0.3, 0.4) is 0 Å². The normalized spacial score (nSPS) is 25.2. The van der Waals surface area contributed by atoms with E-state index in [2.05, 4.69) is 13.8 Å². The molecule has 0 amide bonds. The van der Waals surface area contributed by atoms with Crippen molar-refractivity contribution >= 4 is 5.97 Å². The van der Waals surface area contributed by atoms with Gasteiger partial charge in [-0.05, 0) is 12.3 Å². The van der Waals surface area contributed by atoms with Gasteiger partial charge in [0.1, 0.15) is 6.04 Å². The summed E-state index contributed by atoms with van der Waals surface area (Å²) in [5, 5.41) is 8.67. The number of hydrogen-bond acceptors (Lipinski definition) is 2. The maximum absolute atomic E-state index is 10.5. The van der Waals surface area contributed by atoms with Crippen molar-refractivity contribution in [3.63, 3.8) is 0 Å². The second-order valence-corrected chi connectivity index (χ2v) is 3.53. The van der Waals surface area contributed by atoms with Crippen LogP contribution in [0.4, 0.5) is 0 Å². The molecule has 1 heterocycles. The molecule has 0 radical (unpaired) electrons. The molecule has 11 heavy (non-hydrogen) atoms. The Morgan fingerprint density at radius 3 is 2.64 bits per heavy atom. The van der Waals surface area contributed by atoms with Crippen LogP contribution in [0.25, 0.3) is 0 Å². The van der Waals surface area contributed by atoms with Gasteiger partial charge in [0, 0.05) is 13.1 Å². The Kier molecular flexibility index (Phi) is 2.49. The smallest absolute Gasteiger partial charge is 0.320 e. The van der Waals surface area contributed by atoms with Gasteiger partial charge in [0.25, 0.3) is 0 Å². The molecular weight excluding hydrogens is 142 g/mol. The molecule has 1 atom stereocenters. The fourth-order valence-electron chi connectivity index (χ4n) is 1.41. The summed E-state index contributed by atoms with van der Waals surface area (Å²) in [5.74, 6) is -0.103. The largest absolute Gasteiger partial charge is 0.480 e. The predicted molar refractivity (Wildman–Crippen MR) is 42.5 cm³/mol. The van der Waals surface area contributed by atoms with Crippen molar-refractivity contribution in [2.45, 2.75) is 26.3 Å². The van der Waals surface area contributed by atoms with Gasteiger partial charge in [0.2, 0.25) is 0 Å². The molecule has 1 aliphatic rings. The second kappa shape index (κ2) is 3.22. The summed E-state index contributed by atoms with van der Waals surface area (Å²) < 4.78 is 0. The zero-order valence-corrected chi connectivity index (χ0v) is 7.08. The summed E-state index contributed by atoms with van der Waals surface area (Å²) in [6.45, 7) is 6.08. The fraction of sp³-hybridized carbons (Fsp3) is 0.875. The molecule has 0 aliphatic carbocycles. The number of carbonyl (C=O) groups is 1. The number of nitrogens with zero attached hydrogens (tertiary/aromatic N) is 1. The van der Waals surface area contributed by atoms with Gasteiger partial charge in [0.05, 0.1) is 0 Å². The summed E-state index contributed by atoms with van der Waals surface area (Å²) in [6.07, 6.45) is 0.821. The molecule has 3 heteroatoms. The van der Waals surface area contributed by atoms with Gasteiger partial charge >= 0.3 is 5.97 Å². The van der Waals surface area contributed by atoms with Gasteiger partial charge in [-0.25, -0.2) is 0 Å². The van der Waals surface area contributed by atoms with Crippen molar-refractivity contribution in [2.24, 2.45) is 5.92 Å². The highest BCUT2D eigenvalue weighted by Gasteiger charge is 2.33. The Morgan fingerprint density at radius 2 is 2.36 bits per heavy atom. The van der Waals surface area contributed by atoms with Crippen molar-refractivity contribution in [3.05, 3.63) is 0 Å². The molecule has 0 aromatic rings. The van der Waals surface area contributed by atoms with Crippen molar-refractivity contribution in [1.82, 2.24) is 4.90 Å². The Morgan fingerprint density at radius 1 is 1.73 bits per heavy atom. The molecule has 1 rings (SSSR count). The van der Waals surface area contributed by atoms with Crippen LogP contribution in [0.5, 0.6) is 0 Å². The van der Waals surface area contributed by atoms with E-state index in [1.807, 2.05) is 4.90 Å². The monoisotopic (exact) mass is 157 g/mol. The number of aliphatic carboxylic acids is 1. The summed E-state index contributed by atoms with van der Waals surface area (Å²) in [6, 6.07) is -0.197. The van der Waals surface area contributed by atoms with E-state index in [0.717, 1.165) is 19.5 Å². The standard InChI is InChI=1S/C8H15NO2/c1-6(2)5-9-4-3-7(9)8(10)11/h6-7H,3-5H2,1-2H3,(H,10,11)/t7-/m0/s1. The summed E-state index contributed by atoms with van der Waals surface area (Å²) in [7, 11) is 0. The van der Waals surface area contributed by atoms with Crippen LogP contribution in [0, 0.1) is 5.92 Å². The van der Waals surface area contributed by atoms with E-state index in [0.29, 0.717) is 5.92 Å². The highest BCUT2D eigenvalue weighted by Crippen LogP contribution is 2.18. The Bertz CT molecular complexity index is 156. The Hall–Kier alpha value is -0.570. The van der Waals surface area contributed by atoms with Crippen LogP contribution in [0.2, 0.25) is 0 Å². The third-order valence-electron chi connectivity index (χ3n) is 2.02. The van der Waals surface area contributed by atoms with Gasteiger partial charge in [-0.1, -0.05) is 13.8 Å². The van der Waals surface area contributed by atoms with Crippen molar-refractivity contribution < 1.29 is 9.90 Å². The number of rotatable bonds is 3. The predicted octanol–water partition coefficient (Wildman–Crippen LogP) is 0.801. The lowest BCUT2D eigenvalue weighted by atomic mass is 10.0. The third kappa shape index (κ3) is 1.93. The molecule has 1 N–H and O–H groups in total. The topological polar surface area (TPSA) is 40.5 Å². The molecule has 1 fully saturated rings. The minimum atomic E-state index is -0.670. The van der Waals surface area contributed by atoms with Crippen molar-refractivity contribution in [2.75, 3.05) is 13.1 Å². The fourth-order valence-corrected chi connectivity index (χ4v) is 1.41. The van der Waals surface area contributed by atoms with Crippen molar-refractivity contribution in [1.29, 1.82) is 0 Å². The van der Waals surface area contributed by atoms with E-state index in [1.165, 1.54) is 0 Å². The average molecular weight is 157 g/mol. The summed E-state index contributed by atoms with van der Waals surface area (Å²) in [4.78, 5) is 12.6. The van der Waals surface area contributed by atoms with E-state index in [-0.39, 0.29) is 6.04 Å². The van der Waals surface area contributed by atoms with Gasteiger partial charge in [-0.3, -0.25) is 9.69 Å². The molecule has 3 nitrogen and oxygen atoms in total. The van der Waals surface area contributed by atoms with Gasteiger partial charge in [-0.2, -0.15) is 0 Å². The molecule has 0 spiro atoms. The van der Waals surface area contributed by atoms with Gasteiger partial charge < -0.3 is 5.11 Å². The zero-order valence-electron chi connectivity index (χ0n) is 7.08. The lowest BCUT2D eigenvalue weighted by Crippen LogP contribution is -2.53. The number of likely N-dealkylation sites (tertiary alicyclic amines) is 1. The van der Waals surface area contributed by atoms with Gasteiger partial charge in [0.15, 0.2) is 0 Å². The first-order valence-corrected chi connectivity index (χ1v) is 4.08. The van der Waals surface area contributed by atoms with Crippen LogP contribution in [-0.2, 0) is 4.79 Å². The minimum Gasteiger partial charge on any atom is -0.480 e. The Balaban J connectivity index is 2.31. The van der Waals surface area contributed by atoms with E-state index < -0.39 is 5.97 Å². The van der Waals surface area contributed by atoms with E-state index >= 15 is 0 Å². The molecule has 64 valence electrons. The minimum absolute atomic E-state index is 0.197. The molecule has 0 unspecified atom stereocenters. The number of hydrogen-bond donors (Lipinski definition) is 1. The number of carboxylic acid groups (broad SMARTS) is 1. The van der Waals surface area contributed by atoms with E-state index in [1.54, 1.807) is 0 Å². The van der Waals surface area contributed by atoms with Crippen LogP contribution < -0.4 is 0 Å². The molecule has 1 aliphatic heterocycles. The highest BCUT2D eigenvalue weighted by molar-refractivity contribution is 5.74. The first-order valence-electron chi connectivity index (χ1n) is 4.08. The quantitative estimate of drug-likeness (QED) is 0.658. The molecule has 1 saturated heterocycles. The van der Waals surface area contributed by atoms with E-state index in [9.17, 15) is 4.79 Å². The molecular formula is C8H15NO2. The molecule has 0 bridgehead atoms. The first kappa shape index (κ1) is 8.53. The summed E-state index contributed by atoms with van der Waals surface area (Å²) >= 11 is 0. The maximum atomic E-state index is 10.5. The molecule has 0 aromatic carbocycles. The summed E-state index contributed by atoms with van der Waals surface area (Å²) in [5.41, 5.74) is 0. The zero-order chi connectivity index (χ0) is 8.43. The average Bonchev–Trinajstić information content (AvgIpc) is 1.78. The van der Waals surface area contributed by atoms with Gasteiger partial charge in [-0.15, -0.1) is 0 Å². The van der Waals surface area contributed by atoms with Crippen LogP contribution in [0.1, 0.15) is 20.3 Å². The van der Waals surface area contributed by atoms with Crippen LogP contribution >= 0.6 is 0 Å². The Labute approximate surface area is 67.0 Å². The lowest BCUT2D eigenvalue weighted by Gasteiger charge is -2.38. The lowest BCUT2D eigenvalue weighted by molar-refractivity contribution is -0.148. The van der Waals surface area contributed by atoms with Crippen molar-refractivity contribution in [3.8, 4) is 0 Å². The van der Waals surface area contributed by atoms with Crippen LogP contribution in [0.15, 0.2) is 0 Å². The van der Waals surface area contributed by atoms with Crippen LogP contribution in [-0.4, -0.2) is 35.1 Å². The van der Waals surface area contributed by atoms with E-state index in [4.69, 9.17) is 5.11 Å². The molecule has 0 aromatic heterocycles. The second-order valence-electron chi connectivity index (χ2n) is 3.53. The highest BCUT2D eigenvalue weighted by atomic mass is 16.4. The third-order valence-corrected chi connectivity index (χ3v) is 2.02. The number of carboxylic acids is 1. The first-order chi connectivity index (χ1) is 5.11. The SMILES string of the molecule is CC(C)CN1CC[C@H]1C(=O)O. The molecule has 0 saturated carbocycles.